The molecule has 0 saturated carbocycles. The fourth-order valence-electron chi connectivity index (χ4n) is 2.07. The van der Waals surface area contributed by atoms with Gasteiger partial charge in [0.1, 0.15) is 5.75 Å². The summed E-state index contributed by atoms with van der Waals surface area (Å²) in [5.74, 6) is -0.0899. The standard InChI is InChI=1S/C14H16O4/c1-2-17-13(15)9-10-7-8-18-12-6-4-3-5-11(12)14(10)16/h3-6,10H,2,7-9H2,1H3. The Hall–Kier alpha value is -1.84. The van der Waals surface area contributed by atoms with Crippen LogP contribution >= 0.6 is 0 Å². The number of Topliss-reactive ketones (excluding diaryl/α,β-unsaturated/α-hetero) is 1. The highest BCUT2D eigenvalue weighted by atomic mass is 16.5. The Morgan fingerprint density at radius 1 is 1.44 bits per heavy atom. The third-order valence-corrected chi connectivity index (χ3v) is 2.97. The Balaban J connectivity index is 2.15. The zero-order valence-corrected chi connectivity index (χ0v) is 10.3. The van der Waals surface area contributed by atoms with Gasteiger partial charge in [-0.1, -0.05) is 12.1 Å². The minimum atomic E-state index is -0.340. The summed E-state index contributed by atoms with van der Waals surface area (Å²) in [4.78, 5) is 23.8. The number of rotatable bonds is 3. The lowest BCUT2D eigenvalue weighted by molar-refractivity contribution is -0.143. The van der Waals surface area contributed by atoms with Crippen LogP contribution in [0.15, 0.2) is 24.3 Å². The van der Waals surface area contributed by atoms with Crippen LogP contribution in [0.5, 0.6) is 5.75 Å². The van der Waals surface area contributed by atoms with Crippen LogP contribution in [0.25, 0.3) is 0 Å². The number of ether oxygens (including phenoxy) is 2. The molecule has 0 N–H and O–H groups in total. The van der Waals surface area contributed by atoms with E-state index >= 15 is 0 Å². The number of hydrogen-bond acceptors (Lipinski definition) is 4. The molecule has 0 fully saturated rings. The molecular weight excluding hydrogens is 232 g/mol. The van der Waals surface area contributed by atoms with Gasteiger partial charge >= 0.3 is 5.97 Å². The first kappa shape index (κ1) is 12.6. The molecule has 1 aliphatic heterocycles. The Morgan fingerprint density at radius 3 is 3.00 bits per heavy atom. The summed E-state index contributed by atoms with van der Waals surface area (Å²) in [5, 5.41) is 0. The van der Waals surface area contributed by atoms with Crippen molar-refractivity contribution in [2.24, 2.45) is 5.92 Å². The van der Waals surface area contributed by atoms with E-state index in [1.165, 1.54) is 0 Å². The van der Waals surface area contributed by atoms with Gasteiger partial charge in [0.25, 0.3) is 0 Å². The molecule has 1 aliphatic rings. The van der Waals surface area contributed by atoms with E-state index in [-0.39, 0.29) is 24.1 Å². The van der Waals surface area contributed by atoms with Crippen molar-refractivity contribution in [3.05, 3.63) is 29.8 Å². The minimum Gasteiger partial charge on any atom is -0.493 e. The number of para-hydroxylation sites is 1. The molecule has 1 unspecified atom stereocenters. The molecule has 0 spiro atoms. The van der Waals surface area contributed by atoms with Crippen LogP contribution < -0.4 is 4.74 Å². The topological polar surface area (TPSA) is 52.6 Å². The number of ketones is 1. The van der Waals surface area contributed by atoms with Crippen molar-refractivity contribution < 1.29 is 19.1 Å². The predicted octanol–water partition coefficient (Wildman–Crippen LogP) is 2.22. The monoisotopic (exact) mass is 248 g/mol. The fraction of sp³-hybridized carbons (Fsp3) is 0.429. The summed E-state index contributed by atoms with van der Waals surface area (Å²) in [6, 6.07) is 7.14. The Labute approximate surface area is 106 Å². The molecule has 0 bridgehead atoms. The summed E-state index contributed by atoms with van der Waals surface area (Å²) in [5.41, 5.74) is 0.560. The van der Waals surface area contributed by atoms with Gasteiger partial charge in [0, 0.05) is 5.92 Å². The predicted molar refractivity (Wildman–Crippen MR) is 65.6 cm³/mol. The molecule has 18 heavy (non-hydrogen) atoms. The van der Waals surface area contributed by atoms with Crippen LogP contribution in [0.4, 0.5) is 0 Å². The lowest BCUT2D eigenvalue weighted by Gasteiger charge is -2.11. The molecule has 1 aromatic rings. The van der Waals surface area contributed by atoms with Crippen LogP contribution in [0.3, 0.4) is 0 Å². The van der Waals surface area contributed by atoms with Gasteiger partial charge < -0.3 is 9.47 Å². The van der Waals surface area contributed by atoms with Crippen molar-refractivity contribution in [3.63, 3.8) is 0 Å². The number of carbonyl (C=O) groups excluding carboxylic acids is 2. The average molecular weight is 248 g/mol. The van der Waals surface area contributed by atoms with Crippen molar-refractivity contribution in [3.8, 4) is 5.75 Å². The second-order valence-corrected chi connectivity index (χ2v) is 4.20. The van der Waals surface area contributed by atoms with Crippen molar-refractivity contribution >= 4 is 11.8 Å². The first-order chi connectivity index (χ1) is 8.72. The molecule has 0 radical (unpaired) electrons. The molecule has 2 rings (SSSR count). The minimum absolute atomic E-state index is 0.0313. The number of fused-ring (bicyclic) bond motifs is 1. The zero-order valence-electron chi connectivity index (χ0n) is 10.3. The molecular formula is C14H16O4. The van der Waals surface area contributed by atoms with Gasteiger partial charge in [-0.15, -0.1) is 0 Å². The van der Waals surface area contributed by atoms with E-state index in [0.29, 0.717) is 30.9 Å². The third-order valence-electron chi connectivity index (χ3n) is 2.97. The van der Waals surface area contributed by atoms with Gasteiger partial charge in [0.15, 0.2) is 5.78 Å². The maximum Gasteiger partial charge on any atom is 0.306 e. The number of carbonyl (C=O) groups is 2. The van der Waals surface area contributed by atoms with E-state index in [4.69, 9.17) is 9.47 Å². The molecule has 1 aromatic carbocycles. The SMILES string of the molecule is CCOC(=O)CC1CCOc2ccccc2C1=O. The number of benzene rings is 1. The number of hydrogen-bond donors (Lipinski definition) is 0. The highest BCUT2D eigenvalue weighted by Crippen LogP contribution is 2.28. The molecule has 0 aliphatic carbocycles. The normalized spacial score (nSPS) is 18.5. The summed E-state index contributed by atoms with van der Waals surface area (Å²) in [6.45, 7) is 2.55. The smallest absolute Gasteiger partial charge is 0.306 e. The quantitative estimate of drug-likeness (QED) is 0.770. The van der Waals surface area contributed by atoms with Crippen molar-refractivity contribution in [2.45, 2.75) is 19.8 Å². The van der Waals surface area contributed by atoms with E-state index in [9.17, 15) is 9.59 Å². The second-order valence-electron chi connectivity index (χ2n) is 4.20. The van der Waals surface area contributed by atoms with E-state index in [0.717, 1.165) is 0 Å². The summed E-state index contributed by atoms with van der Waals surface area (Å²) >= 11 is 0. The van der Waals surface area contributed by atoms with Crippen molar-refractivity contribution in [2.75, 3.05) is 13.2 Å². The van der Waals surface area contributed by atoms with Crippen LogP contribution in [-0.2, 0) is 9.53 Å². The van der Waals surface area contributed by atoms with Gasteiger partial charge in [-0.2, -0.15) is 0 Å². The molecule has 4 nitrogen and oxygen atoms in total. The van der Waals surface area contributed by atoms with Crippen molar-refractivity contribution in [1.29, 1.82) is 0 Å². The van der Waals surface area contributed by atoms with Gasteiger partial charge in [0.05, 0.1) is 25.2 Å². The van der Waals surface area contributed by atoms with Crippen molar-refractivity contribution in [1.82, 2.24) is 0 Å². The largest absolute Gasteiger partial charge is 0.493 e. The Morgan fingerprint density at radius 2 is 2.22 bits per heavy atom. The van der Waals surface area contributed by atoms with E-state index in [1.807, 2.05) is 6.07 Å². The highest BCUT2D eigenvalue weighted by Gasteiger charge is 2.28. The van der Waals surface area contributed by atoms with Crippen LogP contribution in [-0.4, -0.2) is 25.0 Å². The third kappa shape index (κ3) is 2.70. The molecule has 0 aromatic heterocycles. The summed E-state index contributed by atoms with van der Waals surface area (Å²) < 4.78 is 10.4. The van der Waals surface area contributed by atoms with Gasteiger partial charge in [-0.05, 0) is 25.5 Å². The number of esters is 1. The molecule has 96 valence electrons. The van der Waals surface area contributed by atoms with Gasteiger partial charge in [-0.25, -0.2) is 0 Å². The van der Waals surface area contributed by atoms with E-state index in [1.54, 1.807) is 25.1 Å². The molecule has 4 heteroatoms. The molecule has 0 amide bonds. The maximum atomic E-state index is 12.3. The Kier molecular flexibility index (Phi) is 3.97. The van der Waals surface area contributed by atoms with Gasteiger partial charge in [-0.3, -0.25) is 9.59 Å². The Bertz CT molecular complexity index is 453. The second kappa shape index (κ2) is 5.67. The molecule has 1 heterocycles. The molecule has 1 atom stereocenters. The maximum absolute atomic E-state index is 12.3. The van der Waals surface area contributed by atoms with E-state index in [2.05, 4.69) is 0 Å². The van der Waals surface area contributed by atoms with Crippen LogP contribution in [0.2, 0.25) is 0 Å². The van der Waals surface area contributed by atoms with Crippen LogP contribution in [0.1, 0.15) is 30.1 Å². The first-order valence-corrected chi connectivity index (χ1v) is 6.14. The zero-order chi connectivity index (χ0) is 13.0. The summed E-state index contributed by atoms with van der Waals surface area (Å²) in [7, 11) is 0. The molecule has 0 saturated heterocycles. The summed E-state index contributed by atoms with van der Waals surface area (Å²) in [6.07, 6.45) is 0.677. The average Bonchev–Trinajstić information content (AvgIpc) is 2.51. The first-order valence-electron chi connectivity index (χ1n) is 6.14. The highest BCUT2D eigenvalue weighted by molar-refractivity contribution is 6.01. The fourth-order valence-corrected chi connectivity index (χ4v) is 2.07. The van der Waals surface area contributed by atoms with Crippen LogP contribution in [0, 0.1) is 5.92 Å². The van der Waals surface area contributed by atoms with Gasteiger partial charge in [0.2, 0.25) is 0 Å². The lowest BCUT2D eigenvalue weighted by Crippen LogP contribution is -2.20. The van der Waals surface area contributed by atoms with E-state index < -0.39 is 0 Å². The lowest BCUT2D eigenvalue weighted by atomic mass is 9.92.